The standard InChI is InChI=1S/C14H15FOS/c1-9-6-10(2)17-14(9)13(16)8-11-4-3-5-12(15)7-11/h3-7,13,16H,8H2,1-2H3. The Bertz CT molecular complexity index is 519. The van der Waals surface area contributed by atoms with Crippen LogP contribution >= 0.6 is 11.3 Å². The van der Waals surface area contributed by atoms with E-state index in [0.717, 1.165) is 16.0 Å². The summed E-state index contributed by atoms with van der Waals surface area (Å²) in [5.41, 5.74) is 1.93. The van der Waals surface area contributed by atoms with Crippen molar-refractivity contribution in [2.75, 3.05) is 0 Å². The highest BCUT2D eigenvalue weighted by molar-refractivity contribution is 7.12. The van der Waals surface area contributed by atoms with Crippen molar-refractivity contribution in [2.45, 2.75) is 26.4 Å². The van der Waals surface area contributed by atoms with E-state index in [-0.39, 0.29) is 5.82 Å². The molecule has 0 aliphatic carbocycles. The Morgan fingerprint density at radius 3 is 2.65 bits per heavy atom. The minimum atomic E-state index is -0.546. The van der Waals surface area contributed by atoms with Gasteiger partial charge in [-0.2, -0.15) is 0 Å². The van der Waals surface area contributed by atoms with Crippen molar-refractivity contribution in [2.24, 2.45) is 0 Å². The van der Waals surface area contributed by atoms with Gasteiger partial charge in [0, 0.05) is 16.2 Å². The third-order valence-electron chi connectivity index (χ3n) is 2.70. The molecule has 1 aromatic heterocycles. The van der Waals surface area contributed by atoms with Gasteiger partial charge in [0.1, 0.15) is 5.82 Å². The highest BCUT2D eigenvalue weighted by Gasteiger charge is 2.14. The monoisotopic (exact) mass is 250 g/mol. The molecule has 0 bridgehead atoms. The molecule has 1 unspecified atom stereocenters. The van der Waals surface area contributed by atoms with Crippen LogP contribution < -0.4 is 0 Å². The van der Waals surface area contributed by atoms with Crippen LogP contribution in [0.2, 0.25) is 0 Å². The zero-order chi connectivity index (χ0) is 12.4. The Hall–Kier alpha value is -1.19. The Labute approximate surface area is 105 Å². The molecule has 1 N–H and O–H groups in total. The number of aliphatic hydroxyl groups is 1. The Morgan fingerprint density at radius 1 is 1.29 bits per heavy atom. The Kier molecular flexibility index (Phi) is 3.60. The fourth-order valence-corrected chi connectivity index (χ4v) is 2.99. The second kappa shape index (κ2) is 4.98. The van der Waals surface area contributed by atoms with Crippen molar-refractivity contribution in [3.8, 4) is 0 Å². The number of aliphatic hydroxyl groups excluding tert-OH is 1. The zero-order valence-corrected chi connectivity index (χ0v) is 10.7. The zero-order valence-electron chi connectivity index (χ0n) is 9.90. The molecule has 1 aromatic carbocycles. The molecule has 3 heteroatoms. The maximum atomic E-state index is 13.0. The van der Waals surface area contributed by atoms with Crippen LogP contribution in [0.15, 0.2) is 30.3 Å². The third-order valence-corrected chi connectivity index (χ3v) is 3.95. The molecule has 2 rings (SSSR count). The van der Waals surface area contributed by atoms with Crippen LogP contribution in [0, 0.1) is 19.7 Å². The van der Waals surface area contributed by atoms with Crippen molar-refractivity contribution < 1.29 is 9.50 Å². The van der Waals surface area contributed by atoms with Gasteiger partial charge in [0.2, 0.25) is 0 Å². The van der Waals surface area contributed by atoms with Gasteiger partial charge in [0.05, 0.1) is 6.10 Å². The summed E-state index contributed by atoms with van der Waals surface area (Å²) >= 11 is 1.60. The van der Waals surface area contributed by atoms with E-state index in [0.29, 0.717) is 6.42 Å². The molecule has 2 aromatic rings. The van der Waals surface area contributed by atoms with Gasteiger partial charge in [-0.15, -0.1) is 11.3 Å². The van der Waals surface area contributed by atoms with Crippen LogP contribution in [-0.2, 0) is 6.42 Å². The second-order valence-corrected chi connectivity index (χ2v) is 5.54. The molecule has 0 amide bonds. The largest absolute Gasteiger partial charge is 0.387 e. The van der Waals surface area contributed by atoms with E-state index >= 15 is 0 Å². The summed E-state index contributed by atoms with van der Waals surface area (Å²) in [6, 6.07) is 8.45. The molecule has 0 aliphatic heterocycles. The van der Waals surface area contributed by atoms with Gasteiger partial charge in [0.25, 0.3) is 0 Å². The van der Waals surface area contributed by atoms with Gasteiger partial charge < -0.3 is 5.11 Å². The number of aryl methyl sites for hydroxylation is 2. The van der Waals surface area contributed by atoms with Crippen LogP contribution in [-0.4, -0.2) is 5.11 Å². The van der Waals surface area contributed by atoms with Crippen molar-refractivity contribution in [1.29, 1.82) is 0 Å². The van der Waals surface area contributed by atoms with Gasteiger partial charge in [-0.3, -0.25) is 0 Å². The normalized spacial score (nSPS) is 12.7. The predicted molar refractivity (Wildman–Crippen MR) is 68.9 cm³/mol. The third kappa shape index (κ3) is 2.93. The second-order valence-electron chi connectivity index (χ2n) is 4.25. The lowest BCUT2D eigenvalue weighted by Crippen LogP contribution is -2.01. The quantitative estimate of drug-likeness (QED) is 0.879. The van der Waals surface area contributed by atoms with Crippen LogP contribution in [0.5, 0.6) is 0 Å². The Balaban J connectivity index is 2.16. The average Bonchev–Trinajstić information content (AvgIpc) is 2.58. The molecule has 1 nitrogen and oxygen atoms in total. The number of halogens is 1. The first-order valence-corrected chi connectivity index (χ1v) is 6.37. The number of thiophene rings is 1. The highest BCUT2D eigenvalue weighted by Crippen LogP contribution is 2.29. The molecule has 0 aliphatic rings. The maximum Gasteiger partial charge on any atom is 0.123 e. The average molecular weight is 250 g/mol. The number of benzene rings is 1. The summed E-state index contributed by atoms with van der Waals surface area (Å²) < 4.78 is 13.0. The van der Waals surface area contributed by atoms with E-state index in [9.17, 15) is 9.50 Å². The molecule has 0 radical (unpaired) electrons. The summed E-state index contributed by atoms with van der Waals surface area (Å²) in [7, 11) is 0. The van der Waals surface area contributed by atoms with Gasteiger partial charge in [-0.05, 0) is 43.2 Å². The molecule has 0 saturated carbocycles. The SMILES string of the molecule is Cc1cc(C)c(C(O)Cc2cccc(F)c2)s1. The number of hydrogen-bond acceptors (Lipinski definition) is 2. The first-order chi connectivity index (χ1) is 8.06. The van der Waals surface area contributed by atoms with E-state index in [2.05, 4.69) is 6.07 Å². The summed E-state index contributed by atoms with van der Waals surface area (Å²) in [5.74, 6) is -0.256. The fourth-order valence-electron chi connectivity index (χ4n) is 1.97. The Morgan fingerprint density at radius 2 is 2.06 bits per heavy atom. The molecule has 90 valence electrons. The van der Waals surface area contributed by atoms with Crippen LogP contribution in [0.25, 0.3) is 0 Å². The van der Waals surface area contributed by atoms with Gasteiger partial charge >= 0.3 is 0 Å². The van der Waals surface area contributed by atoms with Crippen molar-refractivity contribution in [3.63, 3.8) is 0 Å². The molecule has 0 spiro atoms. The molecular weight excluding hydrogens is 235 g/mol. The fraction of sp³-hybridized carbons (Fsp3) is 0.286. The van der Waals surface area contributed by atoms with E-state index < -0.39 is 6.10 Å². The first-order valence-electron chi connectivity index (χ1n) is 5.55. The molecule has 17 heavy (non-hydrogen) atoms. The van der Waals surface area contributed by atoms with Crippen LogP contribution in [0.4, 0.5) is 4.39 Å². The van der Waals surface area contributed by atoms with Crippen molar-refractivity contribution in [1.82, 2.24) is 0 Å². The molecule has 1 heterocycles. The summed E-state index contributed by atoms with van der Waals surface area (Å²) in [6.45, 7) is 4.02. The maximum absolute atomic E-state index is 13.0. The summed E-state index contributed by atoms with van der Waals surface area (Å²) in [6.07, 6.45) is -0.0889. The van der Waals surface area contributed by atoms with Gasteiger partial charge in [-0.25, -0.2) is 4.39 Å². The molecule has 0 saturated heterocycles. The lowest BCUT2D eigenvalue weighted by Gasteiger charge is -2.10. The summed E-state index contributed by atoms with van der Waals surface area (Å²) in [4.78, 5) is 2.17. The molecular formula is C14H15FOS. The predicted octanol–water partition coefficient (Wildman–Crippen LogP) is 3.78. The van der Waals surface area contributed by atoms with Crippen molar-refractivity contribution in [3.05, 3.63) is 57.0 Å². The number of hydrogen-bond donors (Lipinski definition) is 1. The van der Waals surface area contributed by atoms with Crippen molar-refractivity contribution >= 4 is 11.3 Å². The molecule has 0 fully saturated rings. The minimum Gasteiger partial charge on any atom is -0.387 e. The lowest BCUT2D eigenvalue weighted by molar-refractivity contribution is 0.181. The van der Waals surface area contributed by atoms with Gasteiger partial charge in [-0.1, -0.05) is 12.1 Å². The van der Waals surface area contributed by atoms with Crippen LogP contribution in [0.3, 0.4) is 0 Å². The van der Waals surface area contributed by atoms with E-state index in [1.54, 1.807) is 17.4 Å². The highest BCUT2D eigenvalue weighted by atomic mass is 32.1. The van der Waals surface area contributed by atoms with Gasteiger partial charge in [0.15, 0.2) is 0 Å². The lowest BCUT2D eigenvalue weighted by atomic mass is 10.0. The minimum absolute atomic E-state index is 0.256. The smallest absolute Gasteiger partial charge is 0.123 e. The van der Waals surface area contributed by atoms with E-state index in [4.69, 9.17) is 0 Å². The summed E-state index contributed by atoms with van der Waals surface area (Å²) in [5, 5.41) is 10.1. The topological polar surface area (TPSA) is 20.2 Å². The number of rotatable bonds is 3. The molecule has 1 atom stereocenters. The first kappa shape index (κ1) is 12.3. The van der Waals surface area contributed by atoms with E-state index in [1.807, 2.05) is 19.9 Å². The van der Waals surface area contributed by atoms with E-state index in [1.165, 1.54) is 17.0 Å². The van der Waals surface area contributed by atoms with Crippen LogP contribution in [0.1, 0.15) is 27.0 Å².